The van der Waals surface area contributed by atoms with Gasteiger partial charge < -0.3 is 5.32 Å². The Bertz CT molecular complexity index is 242. The first-order chi connectivity index (χ1) is 9.65. The zero-order chi connectivity index (χ0) is 15.0. The molecule has 0 aromatic rings. The molecule has 0 spiro atoms. The summed E-state index contributed by atoms with van der Waals surface area (Å²) in [5.74, 6) is 1.79. The molecule has 120 valence electrons. The molecule has 1 aliphatic rings. The molecule has 1 fully saturated rings. The summed E-state index contributed by atoms with van der Waals surface area (Å²) < 4.78 is 0. The van der Waals surface area contributed by atoms with Crippen LogP contribution in [0.5, 0.6) is 0 Å². The van der Waals surface area contributed by atoms with Gasteiger partial charge in [-0.25, -0.2) is 0 Å². The zero-order valence-corrected chi connectivity index (χ0v) is 14.6. The minimum atomic E-state index is 0.720. The lowest BCUT2D eigenvalue weighted by Crippen LogP contribution is -2.54. The van der Waals surface area contributed by atoms with E-state index >= 15 is 0 Å². The van der Waals surface area contributed by atoms with Crippen LogP contribution in [0, 0.1) is 11.8 Å². The van der Waals surface area contributed by atoms with Crippen molar-refractivity contribution in [2.75, 3.05) is 19.6 Å². The fraction of sp³-hybridized carbons (Fsp3) is 1.00. The highest BCUT2D eigenvalue weighted by Crippen LogP contribution is 2.31. The molecule has 4 atom stereocenters. The van der Waals surface area contributed by atoms with Crippen molar-refractivity contribution in [2.45, 2.75) is 85.2 Å². The molecule has 20 heavy (non-hydrogen) atoms. The van der Waals surface area contributed by atoms with Gasteiger partial charge in [0, 0.05) is 18.6 Å². The van der Waals surface area contributed by atoms with E-state index in [1.807, 2.05) is 0 Å². The maximum atomic E-state index is 3.76. The van der Waals surface area contributed by atoms with Crippen LogP contribution >= 0.6 is 0 Å². The van der Waals surface area contributed by atoms with Crippen molar-refractivity contribution in [2.24, 2.45) is 11.8 Å². The summed E-state index contributed by atoms with van der Waals surface area (Å²) in [5, 5.41) is 3.76. The quantitative estimate of drug-likeness (QED) is 0.678. The fourth-order valence-corrected chi connectivity index (χ4v) is 3.83. The summed E-state index contributed by atoms with van der Waals surface area (Å²) in [6, 6.07) is 1.48. The smallest absolute Gasteiger partial charge is 0.0251 e. The maximum absolute atomic E-state index is 3.76. The second-order valence-electron chi connectivity index (χ2n) is 6.80. The van der Waals surface area contributed by atoms with Gasteiger partial charge in [-0.2, -0.15) is 0 Å². The third-order valence-electron chi connectivity index (χ3n) is 5.21. The van der Waals surface area contributed by atoms with Crippen LogP contribution in [-0.2, 0) is 0 Å². The minimum absolute atomic E-state index is 0.720. The standard InChI is InChI=1S/C18H38N2/c1-6-10-16-11-12-17(19-8-3)18(13-16)20(9-4)14-15(5)7-2/h15-19H,6-14H2,1-5H3. The Morgan fingerprint density at radius 2 is 1.90 bits per heavy atom. The Kier molecular flexibility index (Phi) is 8.79. The van der Waals surface area contributed by atoms with Gasteiger partial charge >= 0.3 is 0 Å². The summed E-state index contributed by atoms with van der Waals surface area (Å²) in [6.07, 6.45) is 8.29. The normalized spacial score (nSPS) is 28.8. The Labute approximate surface area is 127 Å². The van der Waals surface area contributed by atoms with Crippen LogP contribution in [0.2, 0.25) is 0 Å². The number of rotatable bonds is 9. The highest BCUT2D eigenvalue weighted by molar-refractivity contribution is 4.91. The van der Waals surface area contributed by atoms with Crippen molar-refractivity contribution in [3.8, 4) is 0 Å². The van der Waals surface area contributed by atoms with Crippen LogP contribution in [0.25, 0.3) is 0 Å². The Balaban J connectivity index is 2.69. The molecule has 1 rings (SSSR count). The van der Waals surface area contributed by atoms with Crippen LogP contribution in [0.15, 0.2) is 0 Å². The monoisotopic (exact) mass is 282 g/mol. The van der Waals surface area contributed by atoms with E-state index in [0.29, 0.717) is 0 Å². The third kappa shape index (κ3) is 5.37. The van der Waals surface area contributed by atoms with Crippen molar-refractivity contribution in [1.29, 1.82) is 0 Å². The molecule has 0 heterocycles. The molecule has 0 aromatic heterocycles. The maximum Gasteiger partial charge on any atom is 0.0251 e. The van der Waals surface area contributed by atoms with E-state index in [4.69, 9.17) is 0 Å². The van der Waals surface area contributed by atoms with Gasteiger partial charge in [-0.3, -0.25) is 4.90 Å². The van der Waals surface area contributed by atoms with Crippen LogP contribution in [0.3, 0.4) is 0 Å². The topological polar surface area (TPSA) is 15.3 Å². The minimum Gasteiger partial charge on any atom is -0.313 e. The van der Waals surface area contributed by atoms with Crippen molar-refractivity contribution in [1.82, 2.24) is 10.2 Å². The van der Waals surface area contributed by atoms with Crippen molar-refractivity contribution in [3.63, 3.8) is 0 Å². The van der Waals surface area contributed by atoms with Crippen LogP contribution in [0.1, 0.15) is 73.1 Å². The average Bonchev–Trinajstić information content (AvgIpc) is 2.46. The highest BCUT2D eigenvalue weighted by atomic mass is 15.2. The molecule has 1 saturated carbocycles. The van der Waals surface area contributed by atoms with Crippen molar-refractivity contribution < 1.29 is 0 Å². The van der Waals surface area contributed by atoms with E-state index in [0.717, 1.165) is 30.5 Å². The fourth-order valence-electron chi connectivity index (χ4n) is 3.83. The Morgan fingerprint density at radius 1 is 1.15 bits per heavy atom. The molecule has 1 aliphatic carbocycles. The second-order valence-corrected chi connectivity index (χ2v) is 6.80. The van der Waals surface area contributed by atoms with E-state index in [1.165, 1.54) is 51.6 Å². The zero-order valence-electron chi connectivity index (χ0n) is 14.6. The Hall–Kier alpha value is -0.0800. The molecule has 4 unspecified atom stereocenters. The molecule has 0 radical (unpaired) electrons. The lowest BCUT2D eigenvalue weighted by Gasteiger charge is -2.43. The van der Waals surface area contributed by atoms with E-state index < -0.39 is 0 Å². The van der Waals surface area contributed by atoms with Gasteiger partial charge in [-0.05, 0) is 44.2 Å². The van der Waals surface area contributed by atoms with Gasteiger partial charge in [0.15, 0.2) is 0 Å². The largest absolute Gasteiger partial charge is 0.313 e. The van der Waals surface area contributed by atoms with Crippen LogP contribution in [0.4, 0.5) is 0 Å². The third-order valence-corrected chi connectivity index (χ3v) is 5.21. The van der Waals surface area contributed by atoms with Gasteiger partial charge in [-0.1, -0.05) is 53.9 Å². The summed E-state index contributed by atoms with van der Waals surface area (Å²) in [7, 11) is 0. The lowest BCUT2D eigenvalue weighted by molar-refractivity contribution is 0.0862. The van der Waals surface area contributed by atoms with E-state index in [2.05, 4.69) is 44.8 Å². The summed E-state index contributed by atoms with van der Waals surface area (Å²) in [5.41, 5.74) is 0. The lowest BCUT2D eigenvalue weighted by atomic mass is 9.79. The number of hydrogen-bond acceptors (Lipinski definition) is 2. The van der Waals surface area contributed by atoms with E-state index in [-0.39, 0.29) is 0 Å². The molecule has 0 bridgehead atoms. The summed E-state index contributed by atoms with van der Waals surface area (Å²) in [4.78, 5) is 2.77. The van der Waals surface area contributed by atoms with Gasteiger partial charge in [0.05, 0.1) is 0 Å². The predicted molar refractivity (Wildman–Crippen MR) is 90.2 cm³/mol. The number of nitrogens with zero attached hydrogens (tertiary/aromatic N) is 1. The van der Waals surface area contributed by atoms with Gasteiger partial charge in [-0.15, -0.1) is 0 Å². The van der Waals surface area contributed by atoms with Gasteiger partial charge in [0.1, 0.15) is 0 Å². The van der Waals surface area contributed by atoms with Crippen LogP contribution < -0.4 is 5.32 Å². The SMILES string of the molecule is CCCC1CCC(NCC)C(N(CC)CC(C)CC)C1. The number of nitrogens with one attached hydrogen (secondary N) is 1. The Morgan fingerprint density at radius 3 is 2.45 bits per heavy atom. The summed E-state index contributed by atoms with van der Waals surface area (Å²) in [6.45, 7) is 15.2. The molecule has 2 nitrogen and oxygen atoms in total. The predicted octanol–water partition coefficient (Wildman–Crippen LogP) is 4.30. The molecular weight excluding hydrogens is 244 g/mol. The second kappa shape index (κ2) is 9.78. The first-order valence-corrected chi connectivity index (χ1v) is 9.13. The van der Waals surface area contributed by atoms with Crippen LogP contribution in [-0.4, -0.2) is 36.6 Å². The molecule has 0 saturated heterocycles. The number of likely N-dealkylation sites (N-methyl/N-ethyl adjacent to an activating group) is 2. The van der Waals surface area contributed by atoms with E-state index in [1.54, 1.807) is 0 Å². The van der Waals surface area contributed by atoms with Crippen molar-refractivity contribution in [3.05, 3.63) is 0 Å². The molecule has 2 heteroatoms. The first-order valence-electron chi connectivity index (χ1n) is 9.13. The highest BCUT2D eigenvalue weighted by Gasteiger charge is 2.33. The first kappa shape index (κ1) is 18.0. The van der Waals surface area contributed by atoms with Gasteiger partial charge in [0.2, 0.25) is 0 Å². The van der Waals surface area contributed by atoms with Crippen molar-refractivity contribution >= 4 is 0 Å². The summed E-state index contributed by atoms with van der Waals surface area (Å²) >= 11 is 0. The molecule has 0 amide bonds. The van der Waals surface area contributed by atoms with Gasteiger partial charge in [0.25, 0.3) is 0 Å². The molecule has 0 aliphatic heterocycles. The number of hydrogen-bond donors (Lipinski definition) is 1. The average molecular weight is 283 g/mol. The molecule has 1 N–H and O–H groups in total. The molecular formula is C18H38N2. The molecule has 0 aromatic carbocycles. The van der Waals surface area contributed by atoms with E-state index in [9.17, 15) is 0 Å².